The summed E-state index contributed by atoms with van der Waals surface area (Å²) in [6.07, 6.45) is -1.21. The number of amides is 1. The molecule has 6 nitrogen and oxygen atoms in total. The van der Waals surface area contributed by atoms with E-state index in [2.05, 4.69) is 36.1 Å². The number of fused-ring (bicyclic) bond motifs is 1. The van der Waals surface area contributed by atoms with Crippen LogP contribution in [0.25, 0.3) is 11.0 Å². The van der Waals surface area contributed by atoms with E-state index in [0.717, 1.165) is 16.6 Å². The van der Waals surface area contributed by atoms with Gasteiger partial charge in [-0.2, -0.15) is 0 Å². The van der Waals surface area contributed by atoms with Gasteiger partial charge in [-0.05, 0) is 30.0 Å². The van der Waals surface area contributed by atoms with E-state index in [9.17, 15) is 9.90 Å². The Labute approximate surface area is 123 Å². The molecule has 0 radical (unpaired) electrons. The fraction of sp³-hybridized carbons (Fsp3) is 0.467. The van der Waals surface area contributed by atoms with Crippen LogP contribution >= 0.6 is 0 Å². The number of aromatic amines is 1. The van der Waals surface area contributed by atoms with Gasteiger partial charge in [-0.25, -0.2) is 9.78 Å². The molecule has 0 spiro atoms. The molecule has 0 saturated heterocycles. The number of hydrogen-bond donors (Lipinski definition) is 4. The number of imidazole rings is 1. The summed E-state index contributed by atoms with van der Waals surface area (Å²) in [5, 5.41) is 20.7. The van der Waals surface area contributed by atoms with Crippen LogP contribution in [0, 0.1) is 0 Å². The molecule has 114 valence electrons. The number of aliphatic hydroxyl groups excluding tert-OH is 1. The number of aromatic nitrogens is 2. The fourth-order valence-corrected chi connectivity index (χ4v) is 2.14. The Bertz CT molecular complexity index is 672. The first-order valence-corrected chi connectivity index (χ1v) is 6.78. The molecule has 4 N–H and O–H groups in total. The molecule has 1 aromatic carbocycles. The molecule has 0 aliphatic rings. The van der Waals surface area contributed by atoms with Crippen LogP contribution in [0.2, 0.25) is 0 Å². The number of nitrogens with zero attached hydrogens (tertiary/aromatic N) is 1. The van der Waals surface area contributed by atoms with Crippen molar-refractivity contribution in [1.82, 2.24) is 15.3 Å². The number of carbonyl (C=O) groups is 1. The Hall–Kier alpha value is -2.08. The van der Waals surface area contributed by atoms with Crippen molar-refractivity contribution < 1.29 is 15.0 Å². The lowest BCUT2D eigenvalue weighted by Gasteiger charge is -2.24. The van der Waals surface area contributed by atoms with E-state index in [4.69, 9.17) is 5.11 Å². The third-order valence-electron chi connectivity index (χ3n) is 3.57. The SMILES string of the molecule is CC(C)(C)c1ccc2[nH]c([C@@](C)(CO)NC(=O)O)nc2c1. The Kier molecular flexibility index (Phi) is 3.67. The second kappa shape index (κ2) is 5.04. The number of benzene rings is 1. The average molecular weight is 291 g/mol. The Morgan fingerprint density at radius 1 is 1.33 bits per heavy atom. The van der Waals surface area contributed by atoms with Crippen molar-refractivity contribution in [2.24, 2.45) is 0 Å². The maximum Gasteiger partial charge on any atom is 0.405 e. The monoisotopic (exact) mass is 291 g/mol. The standard InChI is InChI=1S/C15H21N3O3/c1-14(2,3)9-5-6-10-11(7-9)17-12(16-10)15(4,8-19)18-13(20)21/h5-7,18-19H,8H2,1-4H3,(H,16,17)(H,20,21)/t15-/m1/s1. The molecular weight excluding hydrogens is 270 g/mol. The van der Waals surface area contributed by atoms with Gasteiger partial charge in [-0.1, -0.05) is 26.8 Å². The van der Waals surface area contributed by atoms with E-state index in [1.807, 2.05) is 18.2 Å². The van der Waals surface area contributed by atoms with Gasteiger partial charge in [0.1, 0.15) is 11.4 Å². The van der Waals surface area contributed by atoms with Crippen LogP contribution in [0.15, 0.2) is 18.2 Å². The lowest BCUT2D eigenvalue weighted by atomic mass is 9.87. The smallest absolute Gasteiger partial charge is 0.405 e. The van der Waals surface area contributed by atoms with Crippen molar-refractivity contribution in [3.63, 3.8) is 0 Å². The molecule has 2 aromatic rings. The second-order valence-electron chi connectivity index (χ2n) is 6.49. The topological polar surface area (TPSA) is 98.2 Å². The molecular formula is C15H21N3O3. The second-order valence-corrected chi connectivity index (χ2v) is 6.49. The van der Waals surface area contributed by atoms with Gasteiger partial charge >= 0.3 is 6.09 Å². The zero-order valence-corrected chi connectivity index (χ0v) is 12.7. The van der Waals surface area contributed by atoms with Gasteiger partial charge in [0, 0.05) is 0 Å². The number of hydrogen-bond acceptors (Lipinski definition) is 3. The predicted molar refractivity (Wildman–Crippen MR) is 80.4 cm³/mol. The number of aliphatic hydroxyl groups is 1. The van der Waals surface area contributed by atoms with Crippen LogP contribution in [0.5, 0.6) is 0 Å². The van der Waals surface area contributed by atoms with Gasteiger partial charge in [0.05, 0.1) is 17.6 Å². The first-order valence-electron chi connectivity index (χ1n) is 6.78. The maximum absolute atomic E-state index is 10.9. The zero-order chi connectivity index (χ0) is 15.8. The van der Waals surface area contributed by atoms with Crippen LogP contribution in [0.3, 0.4) is 0 Å². The first-order chi connectivity index (χ1) is 9.65. The molecule has 6 heteroatoms. The highest BCUT2D eigenvalue weighted by atomic mass is 16.4. The van der Waals surface area contributed by atoms with Gasteiger partial charge in [0.2, 0.25) is 0 Å². The maximum atomic E-state index is 10.9. The summed E-state index contributed by atoms with van der Waals surface area (Å²) in [7, 11) is 0. The van der Waals surface area contributed by atoms with E-state index in [0.29, 0.717) is 5.82 Å². The van der Waals surface area contributed by atoms with Gasteiger partial charge < -0.3 is 20.5 Å². The zero-order valence-electron chi connectivity index (χ0n) is 12.7. The van der Waals surface area contributed by atoms with E-state index in [1.165, 1.54) is 0 Å². The summed E-state index contributed by atoms with van der Waals surface area (Å²) in [6.45, 7) is 7.55. The average Bonchev–Trinajstić information content (AvgIpc) is 2.80. The molecule has 1 aromatic heterocycles. The highest BCUT2D eigenvalue weighted by Gasteiger charge is 2.31. The summed E-state index contributed by atoms with van der Waals surface area (Å²) < 4.78 is 0. The quantitative estimate of drug-likeness (QED) is 0.697. The number of rotatable bonds is 3. The molecule has 1 heterocycles. The molecule has 1 atom stereocenters. The molecule has 0 aliphatic carbocycles. The largest absolute Gasteiger partial charge is 0.465 e. The van der Waals surface area contributed by atoms with Gasteiger partial charge in [0.25, 0.3) is 0 Å². The molecule has 0 unspecified atom stereocenters. The van der Waals surface area contributed by atoms with Crippen molar-refractivity contribution in [2.75, 3.05) is 6.61 Å². The number of nitrogens with one attached hydrogen (secondary N) is 2. The molecule has 0 saturated carbocycles. The fourth-order valence-electron chi connectivity index (χ4n) is 2.14. The van der Waals surface area contributed by atoms with Crippen LogP contribution in [-0.2, 0) is 11.0 Å². The molecule has 21 heavy (non-hydrogen) atoms. The van der Waals surface area contributed by atoms with Crippen molar-refractivity contribution in [3.8, 4) is 0 Å². The Morgan fingerprint density at radius 2 is 2.00 bits per heavy atom. The summed E-state index contributed by atoms with van der Waals surface area (Å²) >= 11 is 0. The van der Waals surface area contributed by atoms with E-state index < -0.39 is 11.6 Å². The molecule has 0 aliphatic heterocycles. The third-order valence-corrected chi connectivity index (χ3v) is 3.57. The predicted octanol–water partition coefficient (Wildman–Crippen LogP) is 2.34. The minimum absolute atomic E-state index is 0.00684. The number of carboxylic acid groups (broad SMARTS) is 1. The van der Waals surface area contributed by atoms with Crippen LogP contribution < -0.4 is 5.32 Å². The van der Waals surface area contributed by atoms with Crippen LogP contribution in [0.4, 0.5) is 4.79 Å². The lowest BCUT2D eigenvalue weighted by Crippen LogP contribution is -2.46. The van der Waals surface area contributed by atoms with E-state index >= 15 is 0 Å². The summed E-state index contributed by atoms with van der Waals surface area (Å²) in [5.41, 5.74) is 1.55. The van der Waals surface area contributed by atoms with Crippen LogP contribution in [0.1, 0.15) is 39.1 Å². The van der Waals surface area contributed by atoms with Crippen molar-refractivity contribution in [1.29, 1.82) is 0 Å². The summed E-state index contributed by atoms with van der Waals surface area (Å²) in [5.74, 6) is 0.397. The molecule has 1 amide bonds. The molecule has 0 fully saturated rings. The highest BCUT2D eigenvalue weighted by Crippen LogP contribution is 2.27. The van der Waals surface area contributed by atoms with E-state index in [-0.39, 0.29) is 12.0 Å². The normalized spacial score (nSPS) is 14.9. The molecule has 2 rings (SSSR count). The van der Waals surface area contributed by atoms with Crippen molar-refractivity contribution in [3.05, 3.63) is 29.6 Å². The Morgan fingerprint density at radius 3 is 2.52 bits per heavy atom. The summed E-state index contributed by atoms with van der Waals surface area (Å²) in [4.78, 5) is 18.4. The van der Waals surface area contributed by atoms with Crippen molar-refractivity contribution in [2.45, 2.75) is 38.6 Å². The summed E-state index contributed by atoms with van der Waals surface area (Å²) in [6, 6.07) is 5.92. The van der Waals surface area contributed by atoms with Gasteiger partial charge in [-0.15, -0.1) is 0 Å². The Balaban J connectivity index is 2.49. The van der Waals surface area contributed by atoms with Gasteiger partial charge in [0.15, 0.2) is 0 Å². The highest BCUT2D eigenvalue weighted by molar-refractivity contribution is 5.76. The molecule has 0 bridgehead atoms. The van der Waals surface area contributed by atoms with Gasteiger partial charge in [-0.3, -0.25) is 0 Å². The van der Waals surface area contributed by atoms with Crippen LogP contribution in [-0.4, -0.2) is 32.9 Å². The van der Waals surface area contributed by atoms with Crippen molar-refractivity contribution >= 4 is 17.1 Å². The minimum atomic E-state index is -1.21. The third kappa shape index (κ3) is 3.00. The minimum Gasteiger partial charge on any atom is -0.465 e. The number of H-pyrrole nitrogens is 1. The first kappa shape index (κ1) is 15.3. The lowest BCUT2D eigenvalue weighted by molar-refractivity contribution is 0.142. The van der Waals surface area contributed by atoms with E-state index in [1.54, 1.807) is 6.92 Å².